The first-order valence-electron chi connectivity index (χ1n) is 12.4. The Labute approximate surface area is 222 Å². The molecule has 0 fully saturated rings. The Bertz CT molecular complexity index is 1610. The zero-order valence-electron chi connectivity index (χ0n) is 20.8. The number of nitrogens with zero attached hydrogens (tertiary/aromatic N) is 5. The van der Waals surface area contributed by atoms with Crippen molar-refractivity contribution in [1.29, 1.82) is 0 Å². The molecule has 0 saturated heterocycles. The molecule has 0 atom stereocenters. The van der Waals surface area contributed by atoms with E-state index in [9.17, 15) is 0 Å². The summed E-state index contributed by atoms with van der Waals surface area (Å²) in [5.41, 5.74) is 14.8. The maximum atomic E-state index is 6.16. The minimum absolute atomic E-state index is 0.373. The number of pyridine rings is 2. The Morgan fingerprint density at radius 3 is 2.29 bits per heavy atom. The minimum Gasteiger partial charge on any atom is -0.397 e. The van der Waals surface area contributed by atoms with Crippen LogP contribution in [0.1, 0.15) is 11.3 Å². The second-order valence-electron chi connectivity index (χ2n) is 8.96. The fraction of sp³-hybridized carbons (Fsp3) is 0.0312. The number of para-hydroxylation sites is 2. The highest BCUT2D eigenvalue weighted by molar-refractivity contribution is 6.14. The molecule has 0 bridgehead atoms. The molecule has 3 heterocycles. The van der Waals surface area contributed by atoms with E-state index in [1.807, 2.05) is 90.1 Å². The van der Waals surface area contributed by atoms with E-state index in [-0.39, 0.29) is 0 Å². The predicted molar refractivity (Wildman–Crippen MR) is 156 cm³/mol. The Morgan fingerprint density at radius 1 is 0.816 bits per heavy atom. The minimum atomic E-state index is 0.373. The lowest BCUT2D eigenvalue weighted by molar-refractivity contribution is 1.04. The van der Waals surface area contributed by atoms with Gasteiger partial charge in [0.15, 0.2) is 0 Å². The van der Waals surface area contributed by atoms with Crippen LogP contribution in [0.2, 0.25) is 0 Å². The van der Waals surface area contributed by atoms with E-state index >= 15 is 0 Å². The number of anilines is 4. The lowest BCUT2D eigenvalue weighted by Crippen LogP contribution is -2.21. The molecule has 5 aromatic rings. The highest BCUT2D eigenvalue weighted by Gasteiger charge is 2.27. The number of benzene rings is 3. The van der Waals surface area contributed by atoms with Gasteiger partial charge in [0.2, 0.25) is 0 Å². The highest BCUT2D eigenvalue weighted by Crippen LogP contribution is 2.37. The Balaban J connectivity index is 1.47. The molecule has 0 unspecified atom stereocenters. The first-order chi connectivity index (χ1) is 18.7. The quantitative estimate of drug-likeness (QED) is 0.264. The number of hydrogen-bond donors (Lipinski definition) is 1. The molecular formula is C32H26N6. The van der Waals surface area contributed by atoms with Crippen molar-refractivity contribution < 1.29 is 0 Å². The summed E-state index contributed by atoms with van der Waals surface area (Å²) in [4.78, 5) is 11.5. The van der Waals surface area contributed by atoms with Crippen LogP contribution < -0.4 is 15.6 Å². The monoisotopic (exact) mass is 494 g/mol. The number of fused-ring (bicyclic) bond motifs is 1. The van der Waals surface area contributed by atoms with Crippen molar-refractivity contribution in [2.75, 3.05) is 16.5 Å². The molecular weight excluding hydrogens is 468 g/mol. The number of hydrazone groups is 1. The zero-order valence-corrected chi connectivity index (χ0v) is 20.8. The van der Waals surface area contributed by atoms with Gasteiger partial charge >= 0.3 is 0 Å². The average Bonchev–Trinajstić information content (AvgIpc) is 3.35. The lowest BCUT2D eigenvalue weighted by Gasteiger charge is -2.23. The fourth-order valence-corrected chi connectivity index (χ4v) is 4.67. The summed E-state index contributed by atoms with van der Waals surface area (Å²) in [5, 5.41) is 7.07. The number of rotatable bonds is 6. The van der Waals surface area contributed by atoms with Crippen LogP contribution in [-0.2, 0) is 0 Å². The second kappa shape index (κ2) is 10.0. The van der Waals surface area contributed by atoms with Crippen LogP contribution in [0.3, 0.4) is 0 Å². The van der Waals surface area contributed by atoms with E-state index in [0.717, 1.165) is 45.3 Å². The molecule has 0 amide bonds. The van der Waals surface area contributed by atoms with Gasteiger partial charge in [0.1, 0.15) is 5.69 Å². The van der Waals surface area contributed by atoms with E-state index in [1.165, 1.54) is 0 Å². The summed E-state index contributed by atoms with van der Waals surface area (Å²) in [7, 11) is 0. The SMILES string of the molecule is C=C(N)c1ncccc1N(/N=C1\CN(c2ccccc2)c2ccccc21)c1ccc(-c2ccccc2)nc1. The molecule has 6 rings (SSSR count). The molecule has 0 saturated carbocycles. The molecule has 6 heteroatoms. The van der Waals surface area contributed by atoms with Crippen molar-refractivity contribution in [3.63, 3.8) is 0 Å². The van der Waals surface area contributed by atoms with Crippen LogP contribution in [0.15, 0.2) is 133 Å². The summed E-state index contributed by atoms with van der Waals surface area (Å²) in [6, 6.07) is 36.6. The summed E-state index contributed by atoms with van der Waals surface area (Å²) in [5.74, 6) is 0. The van der Waals surface area contributed by atoms with Crippen molar-refractivity contribution in [2.24, 2.45) is 10.8 Å². The third-order valence-corrected chi connectivity index (χ3v) is 6.48. The Kier molecular flexibility index (Phi) is 6.12. The van der Waals surface area contributed by atoms with Gasteiger partial charge in [-0.1, -0.05) is 73.3 Å². The first kappa shape index (κ1) is 23.2. The molecule has 2 N–H and O–H groups in total. The fourth-order valence-electron chi connectivity index (χ4n) is 4.67. The molecule has 0 spiro atoms. The van der Waals surface area contributed by atoms with Crippen molar-refractivity contribution in [3.05, 3.63) is 139 Å². The van der Waals surface area contributed by atoms with Crippen molar-refractivity contribution in [1.82, 2.24) is 9.97 Å². The third-order valence-electron chi connectivity index (χ3n) is 6.48. The molecule has 0 aliphatic carbocycles. The van der Waals surface area contributed by atoms with Gasteiger partial charge in [-0.2, -0.15) is 5.10 Å². The van der Waals surface area contributed by atoms with Gasteiger partial charge in [0.05, 0.1) is 46.9 Å². The standard InChI is InChI=1S/C32H26N6/c1-23(33)32-31(17-10-20-34-32)38(26-18-19-28(35-21-26)24-11-4-2-5-12-24)36-29-22-37(25-13-6-3-7-14-25)30-16-9-8-15-27(29)30/h2-21H,1,22,33H2/b36-29+. The number of hydrogen-bond acceptors (Lipinski definition) is 6. The highest BCUT2D eigenvalue weighted by atomic mass is 15.5. The third kappa shape index (κ3) is 4.40. The average molecular weight is 495 g/mol. The summed E-state index contributed by atoms with van der Waals surface area (Å²) in [6.45, 7) is 4.57. The lowest BCUT2D eigenvalue weighted by atomic mass is 10.1. The van der Waals surface area contributed by atoms with E-state index in [2.05, 4.69) is 46.8 Å². The summed E-state index contributed by atoms with van der Waals surface area (Å²) in [6.07, 6.45) is 3.54. The molecule has 184 valence electrons. The van der Waals surface area contributed by atoms with Crippen molar-refractivity contribution in [2.45, 2.75) is 0 Å². The normalized spacial score (nSPS) is 13.4. The molecule has 38 heavy (non-hydrogen) atoms. The van der Waals surface area contributed by atoms with Gasteiger partial charge in [-0.25, -0.2) is 5.01 Å². The predicted octanol–water partition coefficient (Wildman–Crippen LogP) is 6.77. The molecule has 3 aromatic carbocycles. The van der Waals surface area contributed by atoms with E-state index in [4.69, 9.17) is 15.8 Å². The van der Waals surface area contributed by atoms with Crippen LogP contribution in [0, 0.1) is 0 Å². The maximum absolute atomic E-state index is 6.16. The van der Waals surface area contributed by atoms with Gasteiger partial charge < -0.3 is 10.6 Å². The first-order valence-corrected chi connectivity index (χ1v) is 12.4. The number of nitrogens with two attached hydrogens (primary N) is 1. The Morgan fingerprint density at radius 2 is 1.55 bits per heavy atom. The van der Waals surface area contributed by atoms with Gasteiger partial charge in [0.25, 0.3) is 0 Å². The number of aromatic nitrogens is 2. The molecule has 1 aliphatic heterocycles. The van der Waals surface area contributed by atoms with Crippen molar-refractivity contribution >= 4 is 34.2 Å². The van der Waals surface area contributed by atoms with Crippen LogP contribution in [0.5, 0.6) is 0 Å². The van der Waals surface area contributed by atoms with Crippen LogP contribution in [-0.4, -0.2) is 22.2 Å². The zero-order chi connectivity index (χ0) is 25.9. The smallest absolute Gasteiger partial charge is 0.111 e. The summed E-state index contributed by atoms with van der Waals surface area (Å²) >= 11 is 0. The van der Waals surface area contributed by atoms with Crippen LogP contribution >= 0.6 is 0 Å². The molecule has 6 nitrogen and oxygen atoms in total. The second-order valence-corrected chi connectivity index (χ2v) is 8.96. The molecule has 1 aliphatic rings. The largest absolute Gasteiger partial charge is 0.397 e. The van der Waals surface area contributed by atoms with Gasteiger partial charge in [0, 0.05) is 23.0 Å². The molecule has 2 aromatic heterocycles. The molecule has 0 radical (unpaired) electrons. The summed E-state index contributed by atoms with van der Waals surface area (Å²) < 4.78 is 0. The van der Waals surface area contributed by atoms with Gasteiger partial charge in [-0.05, 0) is 42.5 Å². The van der Waals surface area contributed by atoms with Crippen LogP contribution in [0.25, 0.3) is 17.0 Å². The van der Waals surface area contributed by atoms with Gasteiger partial charge in [-0.15, -0.1) is 0 Å². The van der Waals surface area contributed by atoms with Gasteiger partial charge in [-0.3, -0.25) is 9.97 Å². The van der Waals surface area contributed by atoms with E-state index in [0.29, 0.717) is 17.9 Å². The maximum Gasteiger partial charge on any atom is 0.111 e. The Hall–Kier alpha value is -5.23. The van der Waals surface area contributed by atoms with Crippen LogP contribution in [0.4, 0.5) is 22.7 Å². The van der Waals surface area contributed by atoms with Crippen molar-refractivity contribution in [3.8, 4) is 11.3 Å². The van der Waals surface area contributed by atoms with E-state index < -0.39 is 0 Å². The van der Waals surface area contributed by atoms with E-state index in [1.54, 1.807) is 6.20 Å². The topological polar surface area (TPSA) is 70.6 Å².